The first-order valence-corrected chi connectivity index (χ1v) is 11.2. The van der Waals surface area contributed by atoms with E-state index < -0.39 is 29.8 Å². The standard InChI is InChI=1S/C22H23F4N7O2/c1-32-8-7-14(13(23)10-32)28-15-4-2-3-12-18(15)30-33(19(12)17(24)20(25)26)22-29-16(35-31-22)9-27-21(34)11-5-6-11/h2-4,11,13-14,28H,5-10H2,1H3,(H,27,34)/t13-,14+/m0/s1. The lowest BCUT2D eigenvalue weighted by Crippen LogP contribution is -2.46. The highest BCUT2D eigenvalue weighted by atomic mass is 19.3. The number of anilines is 1. The lowest BCUT2D eigenvalue weighted by molar-refractivity contribution is -0.122. The van der Waals surface area contributed by atoms with Gasteiger partial charge in [0.25, 0.3) is 5.95 Å². The number of benzene rings is 1. The van der Waals surface area contributed by atoms with Gasteiger partial charge in [0.1, 0.15) is 17.4 Å². The molecule has 1 aromatic carbocycles. The number of likely N-dealkylation sites (tertiary alicyclic amines) is 1. The van der Waals surface area contributed by atoms with Gasteiger partial charge in [-0.15, -0.1) is 0 Å². The number of piperidine rings is 1. The summed E-state index contributed by atoms with van der Waals surface area (Å²) in [6, 6.07) is 4.08. The Kier molecular flexibility index (Phi) is 6.17. The molecule has 2 aliphatic rings. The molecular formula is C22H23F4N7O2. The normalized spacial score (nSPS) is 20.7. The molecule has 0 spiro atoms. The Morgan fingerprint density at radius 3 is 2.74 bits per heavy atom. The van der Waals surface area contributed by atoms with E-state index in [0.29, 0.717) is 18.7 Å². The Labute approximate surface area is 197 Å². The summed E-state index contributed by atoms with van der Waals surface area (Å²) >= 11 is 0. The van der Waals surface area contributed by atoms with Crippen LogP contribution >= 0.6 is 0 Å². The third-order valence-electron chi connectivity index (χ3n) is 6.17. The molecule has 5 rings (SSSR count). The van der Waals surface area contributed by atoms with Crippen molar-refractivity contribution >= 4 is 28.3 Å². The van der Waals surface area contributed by atoms with E-state index in [1.807, 2.05) is 11.9 Å². The first kappa shape index (κ1) is 23.3. The minimum Gasteiger partial charge on any atom is -0.377 e. The summed E-state index contributed by atoms with van der Waals surface area (Å²) in [5.74, 6) is -2.22. The van der Waals surface area contributed by atoms with E-state index in [0.717, 1.165) is 17.5 Å². The summed E-state index contributed by atoms with van der Waals surface area (Å²) in [4.78, 5) is 17.8. The Bertz CT molecular complexity index is 1280. The van der Waals surface area contributed by atoms with Gasteiger partial charge in [-0.3, -0.25) is 4.79 Å². The van der Waals surface area contributed by atoms with Gasteiger partial charge in [0.05, 0.1) is 18.3 Å². The molecule has 1 amide bonds. The van der Waals surface area contributed by atoms with Gasteiger partial charge in [-0.1, -0.05) is 12.1 Å². The predicted octanol–water partition coefficient (Wildman–Crippen LogP) is 3.42. The second kappa shape index (κ2) is 9.29. The summed E-state index contributed by atoms with van der Waals surface area (Å²) in [6.07, 6.45) is -1.53. The van der Waals surface area contributed by atoms with Gasteiger partial charge in [0, 0.05) is 24.4 Å². The number of carbonyl (C=O) groups is 1. The largest absolute Gasteiger partial charge is 0.377 e. The molecule has 186 valence electrons. The van der Waals surface area contributed by atoms with Crippen molar-refractivity contribution in [1.29, 1.82) is 0 Å². The van der Waals surface area contributed by atoms with Crippen LogP contribution in [0.2, 0.25) is 0 Å². The zero-order valence-corrected chi connectivity index (χ0v) is 18.8. The number of aromatic nitrogens is 4. The highest BCUT2D eigenvalue weighted by molar-refractivity contribution is 5.97. The number of carbonyl (C=O) groups excluding carboxylic acids is 1. The molecule has 1 saturated carbocycles. The maximum atomic E-state index is 14.7. The number of fused-ring (bicyclic) bond motifs is 1. The molecule has 9 nitrogen and oxygen atoms in total. The Hall–Kier alpha value is -3.48. The lowest BCUT2D eigenvalue weighted by atomic mass is 10.0. The van der Waals surface area contributed by atoms with Crippen molar-refractivity contribution in [2.75, 3.05) is 25.5 Å². The first-order chi connectivity index (χ1) is 16.8. The van der Waals surface area contributed by atoms with Gasteiger partial charge in [-0.05, 0) is 37.5 Å². The van der Waals surface area contributed by atoms with Crippen LogP contribution in [0.3, 0.4) is 0 Å². The average Bonchev–Trinajstić information content (AvgIpc) is 3.45. The van der Waals surface area contributed by atoms with E-state index in [-0.39, 0.29) is 47.7 Å². The van der Waals surface area contributed by atoms with E-state index in [1.165, 1.54) is 6.07 Å². The molecule has 0 radical (unpaired) electrons. The zero-order valence-electron chi connectivity index (χ0n) is 18.8. The van der Waals surface area contributed by atoms with Crippen molar-refractivity contribution < 1.29 is 26.9 Å². The van der Waals surface area contributed by atoms with Crippen LogP contribution in [-0.4, -0.2) is 63.1 Å². The van der Waals surface area contributed by atoms with Crippen LogP contribution in [0.15, 0.2) is 28.8 Å². The van der Waals surface area contributed by atoms with E-state index >= 15 is 0 Å². The second-order valence-corrected chi connectivity index (χ2v) is 8.83. The fourth-order valence-corrected chi connectivity index (χ4v) is 4.14. The second-order valence-electron chi connectivity index (χ2n) is 8.83. The van der Waals surface area contributed by atoms with E-state index in [9.17, 15) is 22.4 Å². The Morgan fingerprint density at radius 1 is 1.23 bits per heavy atom. The molecule has 3 aromatic rings. The van der Waals surface area contributed by atoms with Crippen LogP contribution in [0.4, 0.5) is 23.2 Å². The summed E-state index contributed by atoms with van der Waals surface area (Å²) in [7, 11) is 1.83. The number of hydrogen-bond acceptors (Lipinski definition) is 7. The lowest BCUT2D eigenvalue weighted by Gasteiger charge is -2.33. The smallest absolute Gasteiger partial charge is 0.308 e. The van der Waals surface area contributed by atoms with Gasteiger partial charge in [0.15, 0.2) is 0 Å². The fourth-order valence-electron chi connectivity index (χ4n) is 4.14. The number of nitrogens with zero attached hydrogens (tertiary/aromatic N) is 5. The van der Waals surface area contributed by atoms with E-state index in [1.54, 1.807) is 12.1 Å². The number of halogens is 4. The number of alkyl halides is 1. The van der Waals surface area contributed by atoms with Crippen LogP contribution in [0.1, 0.15) is 30.8 Å². The fraction of sp³-hybridized carbons (Fsp3) is 0.455. The minimum atomic E-state index is -2.54. The third-order valence-corrected chi connectivity index (χ3v) is 6.17. The summed E-state index contributed by atoms with van der Waals surface area (Å²) in [6.45, 7) is 0.872. The molecule has 1 aliphatic carbocycles. The highest BCUT2D eigenvalue weighted by Crippen LogP contribution is 2.35. The van der Waals surface area contributed by atoms with Crippen molar-refractivity contribution in [1.82, 2.24) is 30.1 Å². The molecular weight excluding hydrogens is 470 g/mol. The molecule has 2 aromatic heterocycles. The maximum Gasteiger partial charge on any atom is 0.308 e. The molecule has 2 N–H and O–H groups in total. The Morgan fingerprint density at radius 2 is 2.03 bits per heavy atom. The van der Waals surface area contributed by atoms with Crippen molar-refractivity contribution in [3.8, 4) is 5.95 Å². The molecule has 35 heavy (non-hydrogen) atoms. The van der Waals surface area contributed by atoms with Crippen LogP contribution in [0.25, 0.3) is 22.7 Å². The van der Waals surface area contributed by atoms with Crippen LogP contribution in [-0.2, 0) is 11.3 Å². The molecule has 2 atom stereocenters. The molecule has 1 aliphatic heterocycles. The maximum absolute atomic E-state index is 14.7. The van der Waals surface area contributed by atoms with Crippen molar-refractivity contribution in [3.05, 3.63) is 35.9 Å². The zero-order chi connectivity index (χ0) is 24.7. The van der Waals surface area contributed by atoms with Gasteiger partial charge in [-0.25, -0.2) is 4.39 Å². The van der Waals surface area contributed by atoms with Crippen molar-refractivity contribution in [2.45, 2.75) is 38.0 Å². The monoisotopic (exact) mass is 493 g/mol. The molecule has 13 heteroatoms. The van der Waals surface area contributed by atoms with Gasteiger partial charge < -0.3 is 20.1 Å². The predicted molar refractivity (Wildman–Crippen MR) is 118 cm³/mol. The molecule has 0 unspecified atom stereocenters. The number of nitrogens with one attached hydrogen (secondary N) is 2. The Balaban J connectivity index is 1.50. The van der Waals surface area contributed by atoms with Gasteiger partial charge in [-0.2, -0.15) is 27.9 Å². The summed E-state index contributed by atoms with van der Waals surface area (Å²) in [5.41, 5.74) is -0.0382. The van der Waals surface area contributed by atoms with Crippen molar-refractivity contribution in [3.63, 3.8) is 0 Å². The van der Waals surface area contributed by atoms with Crippen LogP contribution in [0, 0.1) is 5.92 Å². The first-order valence-electron chi connectivity index (χ1n) is 11.2. The molecule has 2 fully saturated rings. The average molecular weight is 493 g/mol. The topological polar surface area (TPSA) is 101 Å². The molecule has 1 saturated heterocycles. The SMILES string of the molecule is CN1CC[C@@H](Nc2cccc3c(C(F)=C(F)F)n(-c4noc(CNC(=O)C5CC5)n4)nc23)[C@@H](F)C1. The minimum absolute atomic E-state index is 0.00885. The quantitative estimate of drug-likeness (QED) is 0.487. The molecule has 0 bridgehead atoms. The van der Waals surface area contributed by atoms with Crippen LogP contribution in [0.5, 0.6) is 0 Å². The van der Waals surface area contributed by atoms with Crippen LogP contribution < -0.4 is 10.6 Å². The van der Waals surface area contributed by atoms with Gasteiger partial charge >= 0.3 is 6.08 Å². The van der Waals surface area contributed by atoms with E-state index in [4.69, 9.17) is 4.52 Å². The van der Waals surface area contributed by atoms with E-state index in [2.05, 4.69) is 25.9 Å². The third kappa shape index (κ3) is 4.72. The number of rotatable bonds is 7. The number of hydrogen-bond donors (Lipinski definition) is 2. The number of amides is 1. The van der Waals surface area contributed by atoms with Gasteiger partial charge in [0.2, 0.25) is 17.6 Å². The summed E-state index contributed by atoms with van der Waals surface area (Å²) < 4.78 is 61.9. The summed E-state index contributed by atoms with van der Waals surface area (Å²) in [5, 5.41) is 13.8. The molecule has 3 heterocycles. The van der Waals surface area contributed by atoms with Crippen molar-refractivity contribution in [2.24, 2.45) is 5.92 Å². The highest BCUT2D eigenvalue weighted by Gasteiger charge is 2.31.